The number of halogens is 2. The molecule has 1 aromatic rings. The second-order valence-electron chi connectivity index (χ2n) is 4.46. The van der Waals surface area contributed by atoms with E-state index >= 15 is 0 Å². The van der Waals surface area contributed by atoms with Crippen LogP contribution in [0.15, 0.2) is 16.6 Å². The molecule has 0 fully saturated rings. The van der Waals surface area contributed by atoms with E-state index < -0.39 is 17.9 Å². The molecule has 0 radical (unpaired) electrons. The molecule has 0 saturated heterocycles. The summed E-state index contributed by atoms with van der Waals surface area (Å²) >= 11 is 3.05. The van der Waals surface area contributed by atoms with Gasteiger partial charge in [-0.05, 0) is 34.3 Å². The van der Waals surface area contributed by atoms with Crippen LogP contribution in [0.4, 0.5) is 4.39 Å². The third-order valence-electron chi connectivity index (χ3n) is 2.78. The van der Waals surface area contributed by atoms with Gasteiger partial charge in [0.05, 0.1) is 17.7 Å². The first-order valence-corrected chi connectivity index (χ1v) is 6.57. The molecule has 0 aliphatic carbocycles. The van der Waals surface area contributed by atoms with E-state index in [4.69, 9.17) is 9.84 Å². The maximum atomic E-state index is 13.4. The van der Waals surface area contributed by atoms with Crippen LogP contribution in [0, 0.1) is 11.7 Å². The lowest BCUT2D eigenvalue weighted by Crippen LogP contribution is -2.10. The molecule has 0 spiro atoms. The Labute approximate surface area is 119 Å². The van der Waals surface area contributed by atoms with Crippen LogP contribution < -0.4 is 4.74 Å². The fourth-order valence-electron chi connectivity index (χ4n) is 1.87. The first-order chi connectivity index (χ1) is 8.85. The Morgan fingerprint density at radius 1 is 1.53 bits per heavy atom. The quantitative estimate of drug-likeness (QED) is 0.838. The van der Waals surface area contributed by atoms with Gasteiger partial charge in [-0.1, -0.05) is 6.92 Å². The van der Waals surface area contributed by atoms with Crippen molar-refractivity contribution in [2.45, 2.75) is 25.9 Å². The lowest BCUT2D eigenvalue weighted by Gasteiger charge is -2.18. The third kappa shape index (κ3) is 4.47. The topological polar surface area (TPSA) is 66.8 Å². The Bertz CT molecular complexity index is 464. The highest BCUT2D eigenvalue weighted by Gasteiger charge is 2.20. The number of hydrogen-bond acceptors (Lipinski definition) is 3. The number of aliphatic hydroxyl groups excluding tert-OH is 1. The van der Waals surface area contributed by atoms with Crippen molar-refractivity contribution in [3.63, 3.8) is 0 Å². The second kappa shape index (κ2) is 6.86. The van der Waals surface area contributed by atoms with Crippen molar-refractivity contribution >= 4 is 21.9 Å². The number of methoxy groups -OCH3 is 1. The van der Waals surface area contributed by atoms with Crippen LogP contribution in [-0.2, 0) is 4.79 Å². The average Bonchev–Trinajstić information content (AvgIpc) is 2.30. The summed E-state index contributed by atoms with van der Waals surface area (Å²) in [6, 6.07) is 2.64. The molecule has 1 aromatic carbocycles. The van der Waals surface area contributed by atoms with Crippen molar-refractivity contribution in [1.29, 1.82) is 0 Å². The number of carboxylic acids is 1. The monoisotopic (exact) mass is 334 g/mol. The van der Waals surface area contributed by atoms with Crippen molar-refractivity contribution < 1.29 is 24.1 Å². The highest BCUT2D eigenvalue weighted by atomic mass is 79.9. The zero-order chi connectivity index (χ0) is 14.6. The fraction of sp³-hybridized carbons (Fsp3) is 0.462. The number of ether oxygens (including phenoxy) is 1. The Kier molecular flexibility index (Phi) is 5.75. The fourth-order valence-corrected chi connectivity index (χ4v) is 2.23. The van der Waals surface area contributed by atoms with Crippen LogP contribution in [0.5, 0.6) is 5.75 Å². The van der Waals surface area contributed by atoms with Gasteiger partial charge in [-0.2, -0.15) is 0 Å². The molecule has 6 heteroatoms. The third-order valence-corrected chi connectivity index (χ3v) is 3.39. The number of hydrogen-bond donors (Lipinski definition) is 2. The molecule has 2 atom stereocenters. The van der Waals surface area contributed by atoms with E-state index in [-0.39, 0.29) is 29.0 Å². The number of aliphatic carboxylic acids is 1. The Morgan fingerprint density at radius 2 is 2.16 bits per heavy atom. The van der Waals surface area contributed by atoms with Crippen molar-refractivity contribution in [2.24, 2.45) is 5.92 Å². The Balaban J connectivity index is 2.89. The minimum atomic E-state index is -0.910. The smallest absolute Gasteiger partial charge is 0.303 e. The van der Waals surface area contributed by atoms with Gasteiger partial charge in [-0.25, -0.2) is 4.39 Å². The standard InChI is InChI=1S/C13H16BrFO4/c1-7(4-13(17)18)3-11(16)8-5-9(14)10(15)6-12(8)19-2/h5-7,11,16H,3-4H2,1-2H3,(H,17,18). The van der Waals surface area contributed by atoms with Gasteiger partial charge in [0, 0.05) is 18.1 Å². The summed E-state index contributed by atoms with van der Waals surface area (Å²) < 4.78 is 18.6. The molecule has 19 heavy (non-hydrogen) atoms. The van der Waals surface area contributed by atoms with Gasteiger partial charge in [-0.3, -0.25) is 4.79 Å². The molecule has 2 unspecified atom stereocenters. The summed E-state index contributed by atoms with van der Waals surface area (Å²) in [5.41, 5.74) is 0.438. The van der Waals surface area contributed by atoms with Crippen molar-refractivity contribution in [3.05, 3.63) is 28.0 Å². The van der Waals surface area contributed by atoms with Gasteiger partial charge in [0.1, 0.15) is 11.6 Å². The molecule has 0 aliphatic rings. The number of benzene rings is 1. The zero-order valence-corrected chi connectivity index (χ0v) is 12.3. The average molecular weight is 335 g/mol. The summed E-state index contributed by atoms with van der Waals surface area (Å²) in [6.45, 7) is 1.74. The maximum absolute atomic E-state index is 13.4. The molecule has 4 nitrogen and oxygen atoms in total. The van der Waals surface area contributed by atoms with Crippen molar-refractivity contribution in [2.75, 3.05) is 7.11 Å². The predicted molar refractivity (Wildman–Crippen MR) is 71.6 cm³/mol. The SMILES string of the molecule is COc1cc(F)c(Br)cc1C(O)CC(C)CC(=O)O. The molecular weight excluding hydrogens is 319 g/mol. The summed E-state index contributed by atoms with van der Waals surface area (Å²) in [5.74, 6) is -1.34. The lowest BCUT2D eigenvalue weighted by molar-refractivity contribution is -0.138. The van der Waals surface area contributed by atoms with Gasteiger partial charge < -0.3 is 14.9 Å². The van der Waals surface area contributed by atoms with Gasteiger partial charge in [-0.15, -0.1) is 0 Å². The molecule has 0 aromatic heterocycles. The van der Waals surface area contributed by atoms with E-state index in [0.717, 1.165) is 0 Å². The molecule has 106 valence electrons. The highest BCUT2D eigenvalue weighted by molar-refractivity contribution is 9.10. The van der Waals surface area contributed by atoms with E-state index in [2.05, 4.69) is 15.9 Å². The van der Waals surface area contributed by atoms with Gasteiger partial charge in [0.15, 0.2) is 0 Å². The number of aliphatic hydroxyl groups is 1. The number of carboxylic acid groups (broad SMARTS) is 1. The van der Waals surface area contributed by atoms with Crippen LogP contribution in [0.2, 0.25) is 0 Å². The molecule has 0 saturated carbocycles. The molecule has 0 aliphatic heterocycles. The van der Waals surface area contributed by atoms with Gasteiger partial charge in [0.2, 0.25) is 0 Å². The molecule has 0 amide bonds. The van der Waals surface area contributed by atoms with E-state index in [1.165, 1.54) is 19.2 Å². The van der Waals surface area contributed by atoms with Crippen molar-refractivity contribution in [1.82, 2.24) is 0 Å². The molecule has 1 rings (SSSR count). The Hall–Kier alpha value is -1.14. The molecule has 0 heterocycles. The van der Waals surface area contributed by atoms with E-state index in [1.807, 2.05) is 0 Å². The van der Waals surface area contributed by atoms with E-state index in [0.29, 0.717) is 5.56 Å². The van der Waals surface area contributed by atoms with Crippen LogP contribution in [0.1, 0.15) is 31.4 Å². The normalized spacial score (nSPS) is 13.9. The molecule has 0 bridgehead atoms. The van der Waals surface area contributed by atoms with Gasteiger partial charge >= 0.3 is 5.97 Å². The summed E-state index contributed by atoms with van der Waals surface area (Å²) in [5, 5.41) is 18.8. The first kappa shape index (κ1) is 15.9. The van der Waals surface area contributed by atoms with Gasteiger partial charge in [0.25, 0.3) is 0 Å². The largest absolute Gasteiger partial charge is 0.496 e. The second-order valence-corrected chi connectivity index (χ2v) is 5.32. The maximum Gasteiger partial charge on any atom is 0.303 e. The van der Waals surface area contributed by atoms with Crippen molar-refractivity contribution in [3.8, 4) is 5.75 Å². The summed E-state index contributed by atoms with van der Waals surface area (Å²) in [6.07, 6.45) is -0.663. The minimum Gasteiger partial charge on any atom is -0.496 e. The molecular formula is C13H16BrFO4. The summed E-state index contributed by atoms with van der Waals surface area (Å²) in [7, 11) is 1.39. The van der Waals surface area contributed by atoms with Crippen LogP contribution in [0.25, 0.3) is 0 Å². The van der Waals surface area contributed by atoms with E-state index in [9.17, 15) is 14.3 Å². The summed E-state index contributed by atoms with van der Waals surface area (Å²) in [4.78, 5) is 10.6. The number of carbonyl (C=O) groups is 1. The van der Waals surface area contributed by atoms with Crippen LogP contribution in [0.3, 0.4) is 0 Å². The van der Waals surface area contributed by atoms with Crippen LogP contribution in [-0.4, -0.2) is 23.3 Å². The van der Waals surface area contributed by atoms with E-state index in [1.54, 1.807) is 6.92 Å². The highest BCUT2D eigenvalue weighted by Crippen LogP contribution is 2.34. The number of rotatable bonds is 6. The molecule has 2 N–H and O–H groups in total. The lowest BCUT2D eigenvalue weighted by atomic mass is 9.95. The zero-order valence-electron chi connectivity index (χ0n) is 10.7. The first-order valence-electron chi connectivity index (χ1n) is 5.78. The van der Waals surface area contributed by atoms with Crippen LogP contribution >= 0.6 is 15.9 Å². The Morgan fingerprint density at radius 3 is 2.68 bits per heavy atom. The predicted octanol–water partition coefficient (Wildman–Crippen LogP) is 3.13. The minimum absolute atomic E-state index is 0.0261.